The minimum absolute atomic E-state index is 0.0678. The molecule has 0 spiro atoms. The highest BCUT2D eigenvalue weighted by molar-refractivity contribution is 5.76. The lowest BCUT2D eigenvalue weighted by Crippen LogP contribution is -2.54. The molecule has 0 aromatic heterocycles. The van der Waals surface area contributed by atoms with Gasteiger partial charge in [0, 0.05) is 13.1 Å². The number of hydrogen-bond donors (Lipinski definition) is 2. The molecule has 2 aliphatic rings. The molecule has 1 atom stereocenters. The van der Waals surface area contributed by atoms with Crippen LogP contribution in [-0.4, -0.2) is 79.4 Å². The van der Waals surface area contributed by atoms with Crippen LogP contribution in [0.15, 0.2) is 0 Å². The molecule has 2 saturated heterocycles. The fraction of sp³-hybridized carbons (Fsp3) is 0.857. The number of carboxylic acid groups (broad SMARTS) is 1. The Morgan fingerprint density at radius 3 is 2.67 bits per heavy atom. The molecule has 2 N–H and O–H groups in total. The monoisotopic (exact) mass is 299 g/mol. The third-order valence-electron chi connectivity index (χ3n) is 4.28. The number of ether oxygens (including phenoxy) is 1. The molecule has 0 saturated carbocycles. The standard InChI is InChI=1S/C14H25N3O4/c1-16-4-2-11(3-5-16)9-15-14(20)17-6-7-21-10-12(17)8-13(18)19/h11-12H,2-10H2,1H3,(H,15,20)(H,18,19). The molecule has 2 aliphatic heterocycles. The van der Waals surface area contributed by atoms with Gasteiger partial charge in [-0.15, -0.1) is 0 Å². The van der Waals surface area contributed by atoms with E-state index in [1.54, 1.807) is 4.90 Å². The Bertz CT molecular complexity index is 369. The van der Waals surface area contributed by atoms with E-state index in [0.717, 1.165) is 25.9 Å². The summed E-state index contributed by atoms with van der Waals surface area (Å²) in [5.74, 6) is -0.386. The summed E-state index contributed by atoms with van der Waals surface area (Å²) < 4.78 is 5.28. The summed E-state index contributed by atoms with van der Waals surface area (Å²) >= 11 is 0. The van der Waals surface area contributed by atoms with Crippen LogP contribution in [0.25, 0.3) is 0 Å². The van der Waals surface area contributed by atoms with Gasteiger partial charge < -0.3 is 25.0 Å². The van der Waals surface area contributed by atoms with E-state index < -0.39 is 5.97 Å². The SMILES string of the molecule is CN1CCC(CNC(=O)N2CCOCC2CC(=O)O)CC1. The average molecular weight is 299 g/mol. The molecule has 2 heterocycles. The lowest BCUT2D eigenvalue weighted by atomic mass is 9.97. The number of rotatable bonds is 4. The first-order valence-corrected chi connectivity index (χ1v) is 7.59. The summed E-state index contributed by atoms with van der Waals surface area (Å²) in [6, 6.07) is -0.530. The molecular formula is C14H25N3O4. The quantitative estimate of drug-likeness (QED) is 0.775. The first-order chi connectivity index (χ1) is 10.1. The Morgan fingerprint density at radius 1 is 1.29 bits per heavy atom. The summed E-state index contributed by atoms with van der Waals surface area (Å²) in [5, 5.41) is 11.9. The molecule has 0 radical (unpaired) electrons. The molecule has 2 fully saturated rings. The minimum atomic E-state index is -0.904. The largest absolute Gasteiger partial charge is 0.481 e. The summed E-state index contributed by atoms with van der Waals surface area (Å²) in [6.07, 6.45) is 2.12. The van der Waals surface area contributed by atoms with Gasteiger partial charge in [-0.1, -0.05) is 0 Å². The van der Waals surface area contributed by atoms with E-state index in [2.05, 4.69) is 17.3 Å². The summed E-state index contributed by atoms with van der Waals surface area (Å²) in [7, 11) is 2.11. The molecule has 21 heavy (non-hydrogen) atoms. The number of urea groups is 1. The van der Waals surface area contributed by atoms with Crippen molar-refractivity contribution in [2.24, 2.45) is 5.92 Å². The van der Waals surface area contributed by atoms with Gasteiger partial charge >= 0.3 is 12.0 Å². The third kappa shape index (κ3) is 4.86. The fourth-order valence-electron chi connectivity index (χ4n) is 2.89. The van der Waals surface area contributed by atoms with Crippen molar-refractivity contribution < 1.29 is 19.4 Å². The molecule has 120 valence electrons. The highest BCUT2D eigenvalue weighted by Gasteiger charge is 2.29. The van der Waals surface area contributed by atoms with Crippen LogP contribution in [0.1, 0.15) is 19.3 Å². The molecule has 0 bridgehead atoms. The van der Waals surface area contributed by atoms with E-state index in [-0.39, 0.29) is 18.5 Å². The molecule has 2 amide bonds. The van der Waals surface area contributed by atoms with Crippen LogP contribution in [0, 0.1) is 5.92 Å². The van der Waals surface area contributed by atoms with E-state index in [9.17, 15) is 9.59 Å². The highest BCUT2D eigenvalue weighted by Crippen LogP contribution is 2.15. The maximum absolute atomic E-state index is 12.3. The van der Waals surface area contributed by atoms with Gasteiger partial charge in [0.15, 0.2) is 0 Å². The zero-order valence-corrected chi connectivity index (χ0v) is 12.6. The Labute approximate surface area is 125 Å². The molecular weight excluding hydrogens is 274 g/mol. The average Bonchev–Trinajstić information content (AvgIpc) is 2.46. The van der Waals surface area contributed by atoms with Gasteiger partial charge in [0.1, 0.15) is 0 Å². The zero-order chi connectivity index (χ0) is 15.2. The number of aliphatic carboxylic acids is 1. The Morgan fingerprint density at radius 2 is 2.00 bits per heavy atom. The van der Waals surface area contributed by atoms with Gasteiger partial charge in [0.05, 0.1) is 25.7 Å². The summed E-state index contributed by atoms with van der Waals surface area (Å²) in [4.78, 5) is 27.0. The van der Waals surface area contributed by atoms with Crippen LogP contribution >= 0.6 is 0 Å². The second-order valence-corrected chi connectivity index (χ2v) is 5.95. The van der Waals surface area contributed by atoms with Crippen molar-refractivity contribution in [1.82, 2.24) is 15.1 Å². The number of nitrogens with zero attached hydrogens (tertiary/aromatic N) is 2. The summed E-state index contributed by atoms with van der Waals surface area (Å²) in [5.41, 5.74) is 0. The predicted molar refractivity (Wildman–Crippen MR) is 77.2 cm³/mol. The number of piperidine rings is 1. The van der Waals surface area contributed by atoms with Crippen LogP contribution in [0.5, 0.6) is 0 Å². The van der Waals surface area contributed by atoms with Gasteiger partial charge in [0.25, 0.3) is 0 Å². The van der Waals surface area contributed by atoms with Crippen molar-refractivity contribution in [2.45, 2.75) is 25.3 Å². The predicted octanol–water partition coefficient (Wildman–Crippen LogP) is 0.213. The van der Waals surface area contributed by atoms with Crippen LogP contribution in [0.4, 0.5) is 4.79 Å². The maximum Gasteiger partial charge on any atom is 0.317 e. The molecule has 7 nitrogen and oxygen atoms in total. The number of nitrogens with one attached hydrogen (secondary N) is 1. The molecule has 0 aliphatic carbocycles. The minimum Gasteiger partial charge on any atom is -0.481 e. The number of carbonyl (C=O) groups excluding carboxylic acids is 1. The van der Waals surface area contributed by atoms with Crippen molar-refractivity contribution in [3.63, 3.8) is 0 Å². The van der Waals surface area contributed by atoms with Gasteiger partial charge in [-0.05, 0) is 38.9 Å². The number of likely N-dealkylation sites (tertiary alicyclic amines) is 1. The second kappa shape index (κ2) is 7.61. The number of hydrogen-bond acceptors (Lipinski definition) is 4. The normalized spacial score (nSPS) is 24.8. The topological polar surface area (TPSA) is 82.1 Å². The van der Waals surface area contributed by atoms with Crippen molar-refractivity contribution >= 4 is 12.0 Å². The lowest BCUT2D eigenvalue weighted by Gasteiger charge is -2.35. The number of morpholine rings is 1. The van der Waals surface area contributed by atoms with E-state index in [0.29, 0.717) is 32.2 Å². The smallest absolute Gasteiger partial charge is 0.317 e. The van der Waals surface area contributed by atoms with Crippen molar-refractivity contribution in [2.75, 3.05) is 46.4 Å². The van der Waals surface area contributed by atoms with Crippen LogP contribution in [-0.2, 0) is 9.53 Å². The molecule has 0 aromatic rings. The molecule has 2 rings (SSSR count). The van der Waals surface area contributed by atoms with Crippen LogP contribution in [0.2, 0.25) is 0 Å². The van der Waals surface area contributed by atoms with Crippen molar-refractivity contribution in [3.8, 4) is 0 Å². The second-order valence-electron chi connectivity index (χ2n) is 5.95. The molecule has 7 heteroatoms. The van der Waals surface area contributed by atoms with E-state index in [4.69, 9.17) is 9.84 Å². The number of carboxylic acids is 1. The van der Waals surface area contributed by atoms with Crippen molar-refractivity contribution in [1.29, 1.82) is 0 Å². The highest BCUT2D eigenvalue weighted by atomic mass is 16.5. The number of carbonyl (C=O) groups is 2. The summed E-state index contributed by atoms with van der Waals surface area (Å²) in [6.45, 7) is 4.03. The van der Waals surface area contributed by atoms with E-state index in [1.807, 2.05) is 0 Å². The number of amides is 2. The van der Waals surface area contributed by atoms with Gasteiger partial charge in [-0.2, -0.15) is 0 Å². The lowest BCUT2D eigenvalue weighted by molar-refractivity contribution is -0.139. The first kappa shape index (κ1) is 16.0. The van der Waals surface area contributed by atoms with Gasteiger partial charge in [0.2, 0.25) is 0 Å². The molecule has 0 aromatic carbocycles. The van der Waals surface area contributed by atoms with E-state index >= 15 is 0 Å². The van der Waals surface area contributed by atoms with Gasteiger partial charge in [-0.25, -0.2) is 4.79 Å². The van der Waals surface area contributed by atoms with Crippen molar-refractivity contribution in [3.05, 3.63) is 0 Å². The van der Waals surface area contributed by atoms with E-state index in [1.165, 1.54) is 0 Å². The van der Waals surface area contributed by atoms with Gasteiger partial charge in [-0.3, -0.25) is 4.79 Å². The third-order valence-corrected chi connectivity index (χ3v) is 4.28. The Hall–Kier alpha value is -1.34. The van der Waals surface area contributed by atoms with Crippen LogP contribution in [0.3, 0.4) is 0 Å². The Kier molecular flexibility index (Phi) is 5.81. The Balaban J connectivity index is 1.79. The fourth-order valence-corrected chi connectivity index (χ4v) is 2.89. The molecule has 1 unspecified atom stereocenters. The maximum atomic E-state index is 12.3. The zero-order valence-electron chi connectivity index (χ0n) is 12.6. The van der Waals surface area contributed by atoms with Crippen LogP contribution < -0.4 is 5.32 Å². The first-order valence-electron chi connectivity index (χ1n) is 7.59.